The number of hydrogen-bond donors (Lipinski definition) is 2. The first-order chi connectivity index (χ1) is 13.1. The molecule has 2 aromatic rings. The highest BCUT2D eigenvalue weighted by Gasteiger charge is 2.26. The van der Waals surface area contributed by atoms with Crippen molar-refractivity contribution in [3.63, 3.8) is 0 Å². The fourth-order valence-electron chi connectivity index (χ4n) is 2.71. The van der Waals surface area contributed by atoms with Gasteiger partial charge in [-0.15, -0.1) is 0 Å². The first kappa shape index (κ1) is 19.7. The third-order valence-electron chi connectivity index (χ3n) is 4.01. The number of nitrogens with one attached hydrogen (secondary N) is 1. The number of rotatable bonds is 8. The molecule has 0 amide bonds. The minimum Gasteiger partial charge on any atom is -0.461 e. The molecule has 2 N–H and O–H groups in total. The van der Waals surface area contributed by atoms with E-state index in [9.17, 15) is 9.90 Å². The van der Waals surface area contributed by atoms with Crippen LogP contribution in [-0.4, -0.2) is 40.1 Å². The lowest BCUT2D eigenvalue weighted by Gasteiger charge is -2.15. The molecule has 1 atom stereocenters. The zero-order valence-electron chi connectivity index (χ0n) is 14.9. The number of anilines is 1. The maximum Gasteiger partial charge on any atom is 0.356 e. The summed E-state index contributed by atoms with van der Waals surface area (Å²) >= 11 is 6.11. The van der Waals surface area contributed by atoms with Crippen LogP contribution < -0.4 is 5.32 Å². The van der Waals surface area contributed by atoms with Crippen LogP contribution >= 0.6 is 11.6 Å². The van der Waals surface area contributed by atoms with E-state index in [1.165, 1.54) is 4.68 Å². The second-order valence-electron chi connectivity index (χ2n) is 6.01. The molecule has 1 fully saturated rings. The fraction of sp³-hybridized carbons (Fsp3) is 0.250. The van der Waals surface area contributed by atoms with Crippen molar-refractivity contribution in [2.75, 3.05) is 18.5 Å². The smallest absolute Gasteiger partial charge is 0.356 e. The van der Waals surface area contributed by atoms with Gasteiger partial charge >= 0.3 is 5.97 Å². The first-order valence-electron chi connectivity index (χ1n) is 8.72. The van der Waals surface area contributed by atoms with Crippen molar-refractivity contribution in [1.82, 2.24) is 9.78 Å². The van der Waals surface area contributed by atoms with Gasteiger partial charge in [0.15, 0.2) is 0 Å². The Morgan fingerprint density at radius 2 is 2.07 bits per heavy atom. The number of carbonyl (C=O) groups is 1. The summed E-state index contributed by atoms with van der Waals surface area (Å²) in [5, 5.41) is 18.6. The molecule has 1 aromatic carbocycles. The fourth-order valence-corrected chi connectivity index (χ4v) is 2.91. The van der Waals surface area contributed by atoms with Gasteiger partial charge in [0, 0.05) is 12.5 Å². The molecular weight excluding hydrogens is 366 g/mol. The SMILES string of the molecule is CCOC(=O)c1cc([C]2[CH][CH][CH][CH]2)nn1C[C@H](O)CNc1ccccc1Cl. The number of aliphatic hydroxyl groups excluding tert-OH is 1. The summed E-state index contributed by atoms with van der Waals surface area (Å²) in [5.41, 5.74) is 1.71. The van der Waals surface area contributed by atoms with E-state index in [0.717, 1.165) is 11.6 Å². The van der Waals surface area contributed by atoms with Gasteiger partial charge in [-0.3, -0.25) is 4.68 Å². The van der Waals surface area contributed by atoms with Crippen molar-refractivity contribution >= 4 is 23.3 Å². The zero-order chi connectivity index (χ0) is 19.2. The molecular formula is C20H21ClN3O3. The summed E-state index contributed by atoms with van der Waals surface area (Å²) in [5.74, 6) is 0.442. The second kappa shape index (κ2) is 9.24. The van der Waals surface area contributed by atoms with Gasteiger partial charge in [-0.2, -0.15) is 5.10 Å². The van der Waals surface area contributed by atoms with Crippen LogP contribution in [0.5, 0.6) is 0 Å². The summed E-state index contributed by atoms with van der Waals surface area (Å²) < 4.78 is 6.60. The monoisotopic (exact) mass is 386 g/mol. The van der Waals surface area contributed by atoms with Crippen molar-refractivity contribution in [2.45, 2.75) is 19.6 Å². The summed E-state index contributed by atoms with van der Waals surface area (Å²) in [6.45, 7) is 2.43. The first-order valence-corrected chi connectivity index (χ1v) is 9.09. The highest BCUT2D eigenvalue weighted by Crippen LogP contribution is 2.30. The van der Waals surface area contributed by atoms with Crippen LogP contribution in [0.3, 0.4) is 0 Å². The molecule has 1 heterocycles. The highest BCUT2D eigenvalue weighted by atomic mass is 35.5. The van der Waals surface area contributed by atoms with Gasteiger partial charge in [0.05, 0.1) is 35.7 Å². The molecule has 27 heavy (non-hydrogen) atoms. The van der Waals surface area contributed by atoms with Crippen molar-refractivity contribution in [2.24, 2.45) is 0 Å². The third kappa shape index (κ3) is 5.02. The lowest BCUT2D eigenvalue weighted by molar-refractivity contribution is 0.0507. The van der Waals surface area contributed by atoms with Crippen molar-refractivity contribution in [1.29, 1.82) is 0 Å². The number of hydrogen-bond acceptors (Lipinski definition) is 5. The van der Waals surface area contributed by atoms with Gasteiger partial charge in [-0.05, 0) is 50.8 Å². The van der Waals surface area contributed by atoms with E-state index >= 15 is 0 Å². The number of halogens is 1. The molecule has 3 rings (SSSR count). The molecule has 7 heteroatoms. The Hall–Kier alpha value is -2.05. The van der Waals surface area contributed by atoms with E-state index in [1.807, 2.05) is 43.9 Å². The minimum atomic E-state index is -0.776. The number of nitrogens with zero attached hydrogens (tertiary/aromatic N) is 2. The number of carbonyl (C=O) groups excluding carboxylic acids is 1. The Morgan fingerprint density at radius 1 is 1.33 bits per heavy atom. The molecule has 0 spiro atoms. The van der Waals surface area contributed by atoms with E-state index in [-0.39, 0.29) is 19.7 Å². The molecule has 0 saturated heterocycles. The molecule has 141 valence electrons. The molecule has 5 radical (unpaired) electrons. The predicted octanol–water partition coefficient (Wildman–Crippen LogP) is 2.94. The summed E-state index contributed by atoms with van der Waals surface area (Å²) in [6.07, 6.45) is 6.86. The quantitative estimate of drug-likeness (QED) is 0.682. The Kier molecular flexibility index (Phi) is 6.74. The van der Waals surface area contributed by atoms with Gasteiger partial charge in [0.25, 0.3) is 0 Å². The molecule has 0 bridgehead atoms. The van der Waals surface area contributed by atoms with Crippen LogP contribution in [0.25, 0.3) is 0 Å². The van der Waals surface area contributed by atoms with E-state index in [4.69, 9.17) is 16.3 Å². The number of ether oxygens (including phenoxy) is 1. The van der Waals surface area contributed by atoms with Gasteiger partial charge in [-0.25, -0.2) is 4.79 Å². The van der Waals surface area contributed by atoms with Crippen LogP contribution in [0.15, 0.2) is 30.3 Å². The number of benzene rings is 1. The van der Waals surface area contributed by atoms with Crippen LogP contribution in [0.2, 0.25) is 5.02 Å². The van der Waals surface area contributed by atoms with Crippen LogP contribution in [0.1, 0.15) is 23.1 Å². The number of esters is 1. The summed E-state index contributed by atoms with van der Waals surface area (Å²) in [6, 6.07) is 8.99. The highest BCUT2D eigenvalue weighted by molar-refractivity contribution is 6.33. The average molecular weight is 387 g/mol. The summed E-state index contributed by atoms with van der Waals surface area (Å²) in [4.78, 5) is 12.3. The van der Waals surface area contributed by atoms with Crippen molar-refractivity contribution < 1.29 is 14.6 Å². The van der Waals surface area contributed by atoms with Crippen LogP contribution in [-0.2, 0) is 11.3 Å². The Balaban J connectivity index is 1.69. The largest absolute Gasteiger partial charge is 0.461 e. The molecule has 1 saturated carbocycles. The lowest BCUT2D eigenvalue weighted by atomic mass is 10.0. The number of aromatic nitrogens is 2. The minimum absolute atomic E-state index is 0.145. The normalized spacial score (nSPS) is 15.7. The third-order valence-corrected chi connectivity index (χ3v) is 4.34. The maximum absolute atomic E-state index is 12.3. The molecule has 0 unspecified atom stereocenters. The van der Waals surface area contributed by atoms with Gasteiger partial charge in [0.1, 0.15) is 5.69 Å². The average Bonchev–Trinajstić information content (AvgIpc) is 3.31. The van der Waals surface area contributed by atoms with Gasteiger partial charge in [0.2, 0.25) is 0 Å². The van der Waals surface area contributed by atoms with Crippen molar-refractivity contribution in [3.05, 3.63) is 78.3 Å². The molecule has 1 aliphatic carbocycles. The predicted molar refractivity (Wildman–Crippen MR) is 104 cm³/mol. The zero-order valence-corrected chi connectivity index (χ0v) is 15.7. The van der Waals surface area contributed by atoms with Crippen LogP contribution in [0.4, 0.5) is 5.69 Å². The second-order valence-corrected chi connectivity index (χ2v) is 6.41. The summed E-state index contributed by atoms with van der Waals surface area (Å²) in [7, 11) is 0. The number of para-hydroxylation sites is 1. The Morgan fingerprint density at radius 3 is 2.78 bits per heavy atom. The Bertz CT molecular complexity index is 772. The van der Waals surface area contributed by atoms with Gasteiger partial charge < -0.3 is 15.2 Å². The van der Waals surface area contributed by atoms with Crippen LogP contribution in [0, 0.1) is 31.6 Å². The molecule has 1 aliphatic rings. The topological polar surface area (TPSA) is 76.4 Å². The Labute approximate surface area is 164 Å². The van der Waals surface area contributed by atoms with E-state index in [0.29, 0.717) is 16.4 Å². The van der Waals surface area contributed by atoms with Gasteiger partial charge in [-0.1, -0.05) is 23.7 Å². The van der Waals surface area contributed by atoms with Crippen molar-refractivity contribution in [3.8, 4) is 0 Å². The molecule has 0 aliphatic heterocycles. The number of aliphatic hydroxyl groups is 1. The van der Waals surface area contributed by atoms with E-state index < -0.39 is 12.1 Å². The molecule has 6 nitrogen and oxygen atoms in total. The van der Waals surface area contributed by atoms with E-state index in [1.54, 1.807) is 19.1 Å². The standard InChI is InChI=1S/C20H21ClN3O3/c1-2-27-20(26)19-11-18(14-7-3-4-8-14)23-24(19)13-15(25)12-22-17-10-6-5-9-16(17)21/h3-11,15,22,25H,2,12-13H2,1H3/t15-/m1/s1. The maximum atomic E-state index is 12.3. The lowest BCUT2D eigenvalue weighted by Crippen LogP contribution is -2.27. The molecule has 1 aromatic heterocycles. The van der Waals surface area contributed by atoms with E-state index in [2.05, 4.69) is 10.4 Å².